The lowest BCUT2D eigenvalue weighted by atomic mass is 10.1. The molecular formula is C9H15NO2. The van der Waals surface area contributed by atoms with Crippen LogP contribution in [-0.4, -0.2) is 24.2 Å². The molecule has 0 atom stereocenters. The van der Waals surface area contributed by atoms with Gasteiger partial charge in [0.2, 0.25) is 0 Å². The van der Waals surface area contributed by atoms with Crippen molar-refractivity contribution >= 4 is 5.97 Å². The van der Waals surface area contributed by atoms with Gasteiger partial charge in [-0.2, -0.15) is 0 Å². The highest BCUT2D eigenvalue weighted by Gasteiger charge is 2.36. The molecule has 0 spiro atoms. The van der Waals surface area contributed by atoms with Crippen LogP contribution in [0.5, 0.6) is 0 Å². The predicted octanol–water partition coefficient (Wildman–Crippen LogP) is 1.02. The average Bonchev–Trinajstić information content (AvgIpc) is 2.68. The third kappa shape index (κ3) is 2.66. The van der Waals surface area contributed by atoms with E-state index in [0.717, 1.165) is 6.54 Å². The van der Waals surface area contributed by atoms with Crippen molar-refractivity contribution in [3.05, 3.63) is 12.2 Å². The summed E-state index contributed by atoms with van der Waals surface area (Å²) in [6, 6.07) is 0. The molecule has 0 aromatic heterocycles. The number of carbonyl (C=O) groups is 1. The second-order valence-electron chi connectivity index (χ2n) is 3.82. The highest BCUT2D eigenvalue weighted by Crippen LogP contribution is 2.43. The zero-order valence-corrected chi connectivity index (χ0v) is 7.39. The van der Waals surface area contributed by atoms with E-state index in [1.165, 1.54) is 12.8 Å². The zero-order valence-electron chi connectivity index (χ0n) is 7.39. The van der Waals surface area contributed by atoms with Gasteiger partial charge in [-0.05, 0) is 18.3 Å². The molecule has 1 aliphatic rings. The molecule has 0 heterocycles. The van der Waals surface area contributed by atoms with E-state index in [-0.39, 0.29) is 5.57 Å². The lowest BCUT2D eigenvalue weighted by Crippen LogP contribution is -2.26. The topological polar surface area (TPSA) is 49.3 Å². The Hall–Kier alpha value is -0.830. The van der Waals surface area contributed by atoms with Crippen molar-refractivity contribution in [1.82, 2.24) is 5.32 Å². The maximum atomic E-state index is 10.3. The second kappa shape index (κ2) is 3.27. The maximum absolute atomic E-state index is 10.3. The van der Waals surface area contributed by atoms with Gasteiger partial charge >= 0.3 is 5.97 Å². The smallest absolute Gasteiger partial charge is 0.332 e. The molecule has 0 unspecified atom stereocenters. The quantitative estimate of drug-likeness (QED) is 0.604. The number of hydrogen-bond donors (Lipinski definition) is 2. The van der Waals surface area contributed by atoms with Gasteiger partial charge in [0.1, 0.15) is 0 Å². The first kappa shape index (κ1) is 9.26. The number of hydrogen-bond acceptors (Lipinski definition) is 2. The Morgan fingerprint density at radius 2 is 2.25 bits per heavy atom. The lowest BCUT2D eigenvalue weighted by molar-refractivity contribution is -0.132. The van der Waals surface area contributed by atoms with Crippen molar-refractivity contribution in [3.8, 4) is 0 Å². The van der Waals surface area contributed by atoms with Crippen LogP contribution in [0.15, 0.2) is 12.2 Å². The molecule has 0 radical (unpaired) electrons. The molecule has 0 bridgehead atoms. The Labute approximate surface area is 72.5 Å². The van der Waals surface area contributed by atoms with Crippen LogP contribution in [0.2, 0.25) is 0 Å². The van der Waals surface area contributed by atoms with E-state index in [4.69, 9.17) is 5.11 Å². The molecule has 0 aromatic rings. The summed E-state index contributed by atoms with van der Waals surface area (Å²) in [5, 5.41) is 11.6. The summed E-state index contributed by atoms with van der Waals surface area (Å²) in [6.07, 6.45) is 2.50. The number of carboxylic acid groups (broad SMARTS) is 1. The first-order valence-electron chi connectivity index (χ1n) is 4.15. The summed E-state index contributed by atoms with van der Waals surface area (Å²) in [5.74, 6) is -0.913. The number of aliphatic carboxylic acids is 1. The van der Waals surface area contributed by atoms with Crippen molar-refractivity contribution in [2.24, 2.45) is 5.41 Å². The van der Waals surface area contributed by atoms with Crippen molar-refractivity contribution in [2.75, 3.05) is 13.1 Å². The third-order valence-electron chi connectivity index (χ3n) is 2.30. The molecule has 68 valence electrons. The molecule has 0 aromatic carbocycles. The zero-order chi connectivity index (χ0) is 9.19. The van der Waals surface area contributed by atoms with E-state index in [9.17, 15) is 4.79 Å². The Kier molecular flexibility index (Phi) is 2.52. The number of carboxylic acids is 1. The predicted molar refractivity (Wildman–Crippen MR) is 47.0 cm³/mol. The standard InChI is InChI=1S/C9H15NO2/c1-7(8(11)12)5-10-6-9(2)3-4-9/h10H,1,3-6H2,2H3,(H,11,12). The minimum Gasteiger partial charge on any atom is -0.478 e. The summed E-state index contributed by atoms with van der Waals surface area (Å²) in [6.45, 7) is 6.93. The fourth-order valence-corrected chi connectivity index (χ4v) is 0.981. The Morgan fingerprint density at radius 3 is 2.67 bits per heavy atom. The van der Waals surface area contributed by atoms with Crippen LogP contribution in [0.25, 0.3) is 0 Å². The summed E-state index contributed by atoms with van der Waals surface area (Å²) >= 11 is 0. The van der Waals surface area contributed by atoms with Gasteiger partial charge in [0.25, 0.3) is 0 Å². The highest BCUT2D eigenvalue weighted by molar-refractivity contribution is 5.86. The lowest BCUT2D eigenvalue weighted by Gasteiger charge is -2.09. The third-order valence-corrected chi connectivity index (χ3v) is 2.30. The molecular weight excluding hydrogens is 154 g/mol. The Balaban J connectivity index is 2.10. The molecule has 2 N–H and O–H groups in total. The second-order valence-corrected chi connectivity index (χ2v) is 3.82. The Morgan fingerprint density at radius 1 is 1.67 bits per heavy atom. The largest absolute Gasteiger partial charge is 0.478 e. The van der Waals surface area contributed by atoms with Gasteiger partial charge in [-0.15, -0.1) is 0 Å². The molecule has 1 saturated carbocycles. The van der Waals surface area contributed by atoms with Gasteiger partial charge in [0.15, 0.2) is 0 Å². The fraction of sp³-hybridized carbons (Fsp3) is 0.667. The summed E-state index contributed by atoms with van der Waals surface area (Å²) in [4.78, 5) is 10.3. The van der Waals surface area contributed by atoms with Crippen molar-refractivity contribution in [3.63, 3.8) is 0 Å². The normalized spacial score (nSPS) is 18.8. The van der Waals surface area contributed by atoms with Crippen LogP contribution in [0, 0.1) is 5.41 Å². The molecule has 0 aliphatic heterocycles. The van der Waals surface area contributed by atoms with Crippen LogP contribution < -0.4 is 5.32 Å². The van der Waals surface area contributed by atoms with Gasteiger partial charge in [-0.3, -0.25) is 0 Å². The van der Waals surface area contributed by atoms with E-state index >= 15 is 0 Å². The SMILES string of the molecule is C=C(CNCC1(C)CC1)C(=O)O. The van der Waals surface area contributed by atoms with E-state index in [0.29, 0.717) is 12.0 Å². The first-order chi connectivity index (χ1) is 5.53. The number of rotatable bonds is 5. The van der Waals surface area contributed by atoms with Crippen LogP contribution in [0.1, 0.15) is 19.8 Å². The molecule has 3 nitrogen and oxygen atoms in total. The average molecular weight is 169 g/mol. The minimum absolute atomic E-state index is 0.235. The maximum Gasteiger partial charge on any atom is 0.332 e. The fourth-order valence-electron chi connectivity index (χ4n) is 0.981. The molecule has 0 saturated heterocycles. The van der Waals surface area contributed by atoms with Crippen molar-refractivity contribution in [1.29, 1.82) is 0 Å². The van der Waals surface area contributed by atoms with Gasteiger partial charge < -0.3 is 10.4 Å². The van der Waals surface area contributed by atoms with Gasteiger partial charge in [-0.25, -0.2) is 4.79 Å². The molecule has 3 heteroatoms. The number of nitrogens with one attached hydrogen (secondary N) is 1. The molecule has 1 fully saturated rings. The molecule has 1 aliphatic carbocycles. The van der Waals surface area contributed by atoms with E-state index < -0.39 is 5.97 Å². The monoisotopic (exact) mass is 169 g/mol. The van der Waals surface area contributed by atoms with E-state index in [2.05, 4.69) is 18.8 Å². The first-order valence-corrected chi connectivity index (χ1v) is 4.15. The van der Waals surface area contributed by atoms with Crippen LogP contribution in [0.4, 0.5) is 0 Å². The summed E-state index contributed by atoms with van der Waals surface area (Å²) in [7, 11) is 0. The summed E-state index contributed by atoms with van der Waals surface area (Å²) < 4.78 is 0. The molecule has 12 heavy (non-hydrogen) atoms. The van der Waals surface area contributed by atoms with Crippen molar-refractivity contribution < 1.29 is 9.90 Å². The Bertz CT molecular complexity index is 207. The van der Waals surface area contributed by atoms with E-state index in [1.54, 1.807) is 0 Å². The van der Waals surface area contributed by atoms with Crippen molar-refractivity contribution in [2.45, 2.75) is 19.8 Å². The van der Waals surface area contributed by atoms with Gasteiger partial charge in [0, 0.05) is 18.7 Å². The van der Waals surface area contributed by atoms with Gasteiger partial charge in [-0.1, -0.05) is 13.5 Å². The summed E-state index contributed by atoms with van der Waals surface area (Å²) in [5.41, 5.74) is 0.665. The minimum atomic E-state index is -0.913. The van der Waals surface area contributed by atoms with Gasteiger partial charge in [0.05, 0.1) is 0 Å². The van der Waals surface area contributed by atoms with Crippen LogP contribution in [0.3, 0.4) is 0 Å². The van der Waals surface area contributed by atoms with E-state index in [1.807, 2.05) is 0 Å². The van der Waals surface area contributed by atoms with Crippen LogP contribution >= 0.6 is 0 Å². The molecule has 0 amide bonds. The molecule has 1 rings (SSSR count). The highest BCUT2D eigenvalue weighted by atomic mass is 16.4. The van der Waals surface area contributed by atoms with Crippen LogP contribution in [-0.2, 0) is 4.79 Å².